The number of amides is 2. The summed E-state index contributed by atoms with van der Waals surface area (Å²) in [5.74, 6) is 0.286. The van der Waals surface area contributed by atoms with Crippen LogP contribution in [0, 0.1) is 13.8 Å². The lowest BCUT2D eigenvalue weighted by atomic mass is 10.1. The SMILES string of the molecule is CCCCC(=O)Nc1cccc(NC(=O)COc2cc(C)c(Cl)c(C)c2)c1. The molecule has 0 heterocycles. The van der Waals surface area contributed by atoms with Crippen LogP contribution in [0.15, 0.2) is 36.4 Å². The third-order valence-electron chi connectivity index (χ3n) is 3.97. The number of carbonyl (C=O) groups is 2. The van der Waals surface area contributed by atoms with Crippen LogP contribution >= 0.6 is 11.6 Å². The van der Waals surface area contributed by atoms with Gasteiger partial charge in [-0.05, 0) is 61.7 Å². The molecule has 2 aromatic carbocycles. The van der Waals surface area contributed by atoms with Crippen LogP contribution in [0.5, 0.6) is 5.75 Å². The Morgan fingerprint density at radius 2 is 1.59 bits per heavy atom. The third-order valence-corrected chi connectivity index (χ3v) is 4.56. The highest BCUT2D eigenvalue weighted by atomic mass is 35.5. The number of anilines is 2. The largest absolute Gasteiger partial charge is 0.484 e. The zero-order valence-electron chi connectivity index (χ0n) is 15.9. The Morgan fingerprint density at radius 1 is 1.00 bits per heavy atom. The van der Waals surface area contributed by atoms with Gasteiger partial charge in [0.15, 0.2) is 6.61 Å². The Kier molecular flexibility index (Phi) is 7.67. The Morgan fingerprint density at radius 3 is 2.19 bits per heavy atom. The molecule has 0 aromatic heterocycles. The van der Waals surface area contributed by atoms with E-state index >= 15 is 0 Å². The minimum absolute atomic E-state index is 0.0304. The van der Waals surface area contributed by atoms with E-state index < -0.39 is 0 Å². The second kappa shape index (κ2) is 9.97. The molecule has 0 bridgehead atoms. The summed E-state index contributed by atoms with van der Waals surface area (Å²) in [7, 11) is 0. The molecule has 0 saturated carbocycles. The normalized spacial score (nSPS) is 10.4. The number of nitrogens with one attached hydrogen (secondary N) is 2. The van der Waals surface area contributed by atoms with E-state index in [0.717, 1.165) is 24.0 Å². The smallest absolute Gasteiger partial charge is 0.262 e. The molecular weight excluding hydrogens is 364 g/mol. The fourth-order valence-electron chi connectivity index (χ4n) is 2.57. The molecule has 0 spiro atoms. The molecule has 0 aliphatic carbocycles. The molecule has 2 N–H and O–H groups in total. The number of aryl methyl sites for hydroxylation is 2. The first-order chi connectivity index (χ1) is 12.9. The Labute approximate surface area is 165 Å². The molecule has 6 heteroatoms. The number of ether oxygens (including phenoxy) is 1. The monoisotopic (exact) mass is 388 g/mol. The molecule has 0 radical (unpaired) electrons. The van der Waals surface area contributed by atoms with Crippen molar-refractivity contribution in [2.24, 2.45) is 0 Å². The lowest BCUT2D eigenvalue weighted by Gasteiger charge is -2.11. The molecule has 2 rings (SSSR count). The molecule has 5 nitrogen and oxygen atoms in total. The van der Waals surface area contributed by atoms with Crippen LogP contribution in [0.2, 0.25) is 5.02 Å². The maximum absolute atomic E-state index is 12.1. The fraction of sp³-hybridized carbons (Fsp3) is 0.333. The molecule has 27 heavy (non-hydrogen) atoms. The van der Waals surface area contributed by atoms with Gasteiger partial charge in [-0.25, -0.2) is 0 Å². The van der Waals surface area contributed by atoms with Crippen molar-refractivity contribution >= 4 is 34.8 Å². The Balaban J connectivity index is 1.90. The predicted octanol–water partition coefficient (Wildman–Crippen LogP) is 5.10. The lowest BCUT2D eigenvalue weighted by molar-refractivity contribution is -0.118. The lowest BCUT2D eigenvalue weighted by Crippen LogP contribution is -2.20. The van der Waals surface area contributed by atoms with E-state index in [1.54, 1.807) is 36.4 Å². The molecule has 0 fully saturated rings. The Bertz CT molecular complexity index is 798. The van der Waals surface area contributed by atoms with Crippen molar-refractivity contribution in [2.75, 3.05) is 17.2 Å². The number of unbranched alkanes of at least 4 members (excludes halogenated alkanes) is 1. The van der Waals surface area contributed by atoms with E-state index in [4.69, 9.17) is 16.3 Å². The summed E-state index contributed by atoms with van der Waals surface area (Å²) in [5.41, 5.74) is 3.05. The van der Waals surface area contributed by atoms with Crippen LogP contribution in [-0.2, 0) is 9.59 Å². The van der Waals surface area contributed by atoms with Crippen molar-refractivity contribution in [1.82, 2.24) is 0 Å². The van der Waals surface area contributed by atoms with E-state index in [1.807, 2.05) is 20.8 Å². The van der Waals surface area contributed by atoms with E-state index in [9.17, 15) is 9.59 Å². The summed E-state index contributed by atoms with van der Waals surface area (Å²) in [6, 6.07) is 10.6. The van der Waals surface area contributed by atoms with Crippen LogP contribution in [0.1, 0.15) is 37.3 Å². The van der Waals surface area contributed by atoms with Crippen molar-refractivity contribution in [2.45, 2.75) is 40.0 Å². The van der Waals surface area contributed by atoms with Crippen molar-refractivity contribution < 1.29 is 14.3 Å². The molecule has 0 unspecified atom stereocenters. The van der Waals surface area contributed by atoms with Gasteiger partial charge in [-0.2, -0.15) is 0 Å². The van der Waals surface area contributed by atoms with E-state index in [-0.39, 0.29) is 18.4 Å². The summed E-state index contributed by atoms with van der Waals surface area (Å²) in [6.45, 7) is 5.71. The zero-order valence-corrected chi connectivity index (χ0v) is 16.7. The number of hydrogen-bond acceptors (Lipinski definition) is 3. The number of hydrogen-bond donors (Lipinski definition) is 2. The van der Waals surface area contributed by atoms with Crippen LogP contribution in [0.25, 0.3) is 0 Å². The predicted molar refractivity (Wildman–Crippen MR) is 110 cm³/mol. The molecule has 0 atom stereocenters. The molecular formula is C21H25ClN2O3. The number of carbonyl (C=O) groups excluding carboxylic acids is 2. The number of halogens is 1. The highest BCUT2D eigenvalue weighted by molar-refractivity contribution is 6.32. The van der Waals surface area contributed by atoms with Crippen LogP contribution in [0.3, 0.4) is 0 Å². The topological polar surface area (TPSA) is 67.4 Å². The maximum atomic E-state index is 12.1. The van der Waals surface area contributed by atoms with Crippen molar-refractivity contribution in [3.8, 4) is 5.75 Å². The molecule has 144 valence electrons. The summed E-state index contributed by atoms with van der Waals surface area (Å²) in [6.07, 6.45) is 2.31. The second-order valence-electron chi connectivity index (χ2n) is 6.44. The van der Waals surface area contributed by atoms with Crippen molar-refractivity contribution in [3.63, 3.8) is 0 Å². The molecule has 0 saturated heterocycles. The van der Waals surface area contributed by atoms with Gasteiger partial charge in [0.25, 0.3) is 5.91 Å². The first kappa shape index (κ1) is 20.8. The van der Waals surface area contributed by atoms with Gasteiger partial charge in [0, 0.05) is 22.8 Å². The van der Waals surface area contributed by atoms with Crippen LogP contribution < -0.4 is 15.4 Å². The zero-order chi connectivity index (χ0) is 19.8. The van der Waals surface area contributed by atoms with E-state index in [1.165, 1.54) is 0 Å². The minimum atomic E-state index is -0.283. The highest BCUT2D eigenvalue weighted by Gasteiger charge is 2.08. The molecule has 0 aliphatic rings. The maximum Gasteiger partial charge on any atom is 0.262 e. The van der Waals surface area contributed by atoms with Gasteiger partial charge in [0.05, 0.1) is 0 Å². The van der Waals surface area contributed by atoms with Gasteiger partial charge in [0.1, 0.15) is 5.75 Å². The van der Waals surface area contributed by atoms with Gasteiger partial charge in [-0.3, -0.25) is 9.59 Å². The van der Waals surface area contributed by atoms with Crippen molar-refractivity contribution in [1.29, 1.82) is 0 Å². The average molecular weight is 389 g/mol. The first-order valence-corrected chi connectivity index (χ1v) is 9.36. The van der Waals surface area contributed by atoms with E-state index in [0.29, 0.717) is 28.6 Å². The summed E-state index contributed by atoms with van der Waals surface area (Å²) in [5, 5.41) is 6.30. The van der Waals surface area contributed by atoms with Gasteiger partial charge in [-0.1, -0.05) is 31.0 Å². The minimum Gasteiger partial charge on any atom is -0.484 e. The fourth-order valence-corrected chi connectivity index (χ4v) is 2.68. The third kappa shape index (κ3) is 6.61. The second-order valence-corrected chi connectivity index (χ2v) is 6.82. The highest BCUT2D eigenvalue weighted by Crippen LogP contribution is 2.25. The summed E-state index contributed by atoms with van der Waals surface area (Å²) < 4.78 is 5.56. The average Bonchev–Trinajstić information content (AvgIpc) is 2.63. The quantitative estimate of drug-likeness (QED) is 0.660. The van der Waals surface area contributed by atoms with E-state index in [2.05, 4.69) is 10.6 Å². The first-order valence-electron chi connectivity index (χ1n) is 8.98. The van der Waals surface area contributed by atoms with Crippen molar-refractivity contribution in [3.05, 3.63) is 52.5 Å². The summed E-state index contributed by atoms with van der Waals surface area (Å²) >= 11 is 6.13. The van der Waals surface area contributed by atoms with Crippen LogP contribution in [0.4, 0.5) is 11.4 Å². The molecule has 0 aliphatic heterocycles. The number of benzene rings is 2. The van der Waals surface area contributed by atoms with Gasteiger partial charge < -0.3 is 15.4 Å². The standard InChI is InChI=1S/C21H25ClN2O3/c1-4-5-9-19(25)23-16-7-6-8-17(12-16)24-20(26)13-27-18-10-14(2)21(22)15(3)11-18/h6-8,10-12H,4-5,9,13H2,1-3H3,(H,23,25)(H,24,26). The molecule has 2 aromatic rings. The van der Waals surface area contributed by atoms with Gasteiger partial charge in [-0.15, -0.1) is 0 Å². The molecule has 2 amide bonds. The van der Waals surface area contributed by atoms with Gasteiger partial charge in [0.2, 0.25) is 5.91 Å². The number of rotatable bonds is 8. The van der Waals surface area contributed by atoms with Gasteiger partial charge >= 0.3 is 0 Å². The Hall–Kier alpha value is -2.53. The van der Waals surface area contributed by atoms with Crippen LogP contribution in [-0.4, -0.2) is 18.4 Å². The summed E-state index contributed by atoms with van der Waals surface area (Å²) in [4.78, 5) is 24.0.